The number of carbonyl (C=O) groups excluding carboxylic acids is 1. The molecule has 2 heterocycles. The molecule has 2 saturated heterocycles. The number of hydrogen-bond acceptors (Lipinski definition) is 3. The van der Waals surface area contributed by atoms with Crippen molar-refractivity contribution in [2.24, 2.45) is 0 Å². The van der Waals surface area contributed by atoms with E-state index in [1.165, 1.54) is 23.3 Å². The average Bonchev–Trinajstić information content (AvgIpc) is 3.03. The number of rotatable bonds is 4. The van der Waals surface area contributed by atoms with E-state index in [4.69, 9.17) is 0 Å². The molecule has 0 radical (unpaired) electrons. The van der Waals surface area contributed by atoms with Gasteiger partial charge in [0.05, 0.1) is 31.1 Å². The molecular weight excluding hydrogens is 386 g/mol. The molecule has 0 saturated carbocycles. The van der Waals surface area contributed by atoms with Crippen LogP contribution in [0.5, 0.6) is 0 Å². The lowest BCUT2D eigenvalue weighted by atomic mass is 9.98. The second kappa shape index (κ2) is 8.98. The molecule has 0 spiro atoms. The van der Waals surface area contributed by atoms with Crippen molar-refractivity contribution in [3.63, 3.8) is 0 Å². The van der Waals surface area contributed by atoms with Gasteiger partial charge in [-0.05, 0) is 42.9 Å². The molecule has 1 N–H and O–H groups in total. The van der Waals surface area contributed by atoms with Crippen LogP contribution in [0.25, 0.3) is 6.08 Å². The van der Waals surface area contributed by atoms with Crippen molar-refractivity contribution in [2.75, 3.05) is 45.8 Å². The lowest BCUT2D eigenvalue weighted by Gasteiger charge is -2.33. The molecule has 1 aromatic rings. The first kappa shape index (κ1) is 20.6. The van der Waals surface area contributed by atoms with Gasteiger partial charge in [0.15, 0.2) is 6.54 Å². The quantitative estimate of drug-likeness (QED) is 0.791. The molecule has 1 aliphatic carbocycles. The van der Waals surface area contributed by atoms with Gasteiger partial charge in [-0.2, -0.15) is 4.31 Å². The minimum atomic E-state index is -3.42. The summed E-state index contributed by atoms with van der Waals surface area (Å²) in [5.41, 5.74) is 2.23. The first-order valence-corrected chi connectivity index (χ1v) is 12.4. The van der Waals surface area contributed by atoms with Gasteiger partial charge < -0.3 is 9.80 Å². The van der Waals surface area contributed by atoms with Gasteiger partial charge in [-0.1, -0.05) is 37.1 Å². The van der Waals surface area contributed by atoms with Gasteiger partial charge in [0.25, 0.3) is 5.91 Å². The normalized spacial score (nSPS) is 21.9. The van der Waals surface area contributed by atoms with E-state index in [2.05, 4.69) is 6.07 Å². The van der Waals surface area contributed by atoms with Gasteiger partial charge in [0, 0.05) is 13.1 Å². The number of likely N-dealkylation sites (tertiary alicyclic amines) is 1. The maximum atomic E-state index is 13.1. The van der Waals surface area contributed by atoms with Crippen LogP contribution in [-0.4, -0.2) is 69.3 Å². The Balaban J connectivity index is 1.34. The van der Waals surface area contributed by atoms with E-state index >= 15 is 0 Å². The number of fused-ring (bicyclic) bond motifs is 1. The molecule has 7 heteroatoms. The van der Waals surface area contributed by atoms with E-state index in [0.29, 0.717) is 44.0 Å². The summed E-state index contributed by atoms with van der Waals surface area (Å²) >= 11 is 0. The lowest BCUT2D eigenvalue weighted by molar-refractivity contribution is -0.896. The Labute approximate surface area is 174 Å². The topological polar surface area (TPSA) is 62.1 Å². The smallest absolute Gasteiger partial charge is 0.277 e. The zero-order chi connectivity index (χ0) is 20.3. The van der Waals surface area contributed by atoms with E-state index in [9.17, 15) is 13.2 Å². The number of benzene rings is 1. The fourth-order valence-electron chi connectivity index (χ4n) is 4.64. The molecule has 158 valence electrons. The van der Waals surface area contributed by atoms with Crippen molar-refractivity contribution >= 4 is 22.0 Å². The highest BCUT2D eigenvalue weighted by Crippen LogP contribution is 2.28. The molecule has 4 rings (SSSR count). The molecule has 3 aliphatic rings. The maximum Gasteiger partial charge on any atom is 0.277 e. The Hall–Kier alpha value is -1.70. The van der Waals surface area contributed by atoms with Crippen molar-refractivity contribution in [2.45, 2.75) is 38.5 Å². The average molecular weight is 419 g/mol. The summed E-state index contributed by atoms with van der Waals surface area (Å²) in [5, 5.41) is 0. The molecule has 0 atom stereocenters. The molecular formula is C22H32N3O3S+. The Morgan fingerprint density at radius 1 is 0.931 bits per heavy atom. The third-order valence-corrected chi connectivity index (χ3v) is 8.50. The van der Waals surface area contributed by atoms with Crippen LogP contribution in [0.15, 0.2) is 29.2 Å². The number of hydrogen-bond donors (Lipinski definition) is 1. The summed E-state index contributed by atoms with van der Waals surface area (Å²) in [6, 6.07) is 8.01. The third-order valence-electron chi connectivity index (χ3n) is 6.47. The van der Waals surface area contributed by atoms with E-state index in [1.807, 2.05) is 29.2 Å². The van der Waals surface area contributed by atoms with Gasteiger partial charge in [-0.3, -0.25) is 4.79 Å². The summed E-state index contributed by atoms with van der Waals surface area (Å²) in [5.74, 6) is 0.227. The van der Waals surface area contributed by atoms with Gasteiger partial charge in [-0.15, -0.1) is 0 Å². The van der Waals surface area contributed by atoms with Crippen LogP contribution in [0.3, 0.4) is 0 Å². The number of piperazine rings is 1. The summed E-state index contributed by atoms with van der Waals surface area (Å²) in [6.07, 6.45) is 7.82. The Morgan fingerprint density at radius 2 is 1.62 bits per heavy atom. The number of allylic oxidation sites excluding steroid dienone is 1. The molecule has 2 aliphatic heterocycles. The largest absolute Gasteiger partial charge is 0.338 e. The SMILES string of the molecule is O=C(C[NH+]1CCN(S(=O)(=O)C2=Cc3ccccc3CC2)CC1)N1CCCCCC1. The molecule has 6 nitrogen and oxygen atoms in total. The number of quaternary nitrogens is 1. The van der Waals surface area contributed by atoms with Crippen LogP contribution in [0.1, 0.15) is 43.2 Å². The van der Waals surface area contributed by atoms with E-state index in [-0.39, 0.29) is 5.91 Å². The number of aryl methyl sites for hydroxylation is 1. The monoisotopic (exact) mass is 418 g/mol. The number of nitrogens with one attached hydrogen (secondary N) is 1. The van der Waals surface area contributed by atoms with Crippen LogP contribution in [0.4, 0.5) is 0 Å². The van der Waals surface area contributed by atoms with Crippen LogP contribution in [0.2, 0.25) is 0 Å². The van der Waals surface area contributed by atoms with Crippen LogP contribution in [0, 0.1) is 0 Å². The van der Waals surface area contributed by atoms with Crippen molar-refractivity contribution < 1.29 is 18.1 Å². The summed E-state index contributed by atoms with van der Waals surface area (Å²) in [7, 11) is -3.42. The standard InChI is InChI=1S/C22H31N3O3S/c26-22(24-11-5-1-2-6-12-24)18-23-13-15-25(16-14-23)29(27,28)21-10-9-19-7-3-4-8-20(19)17-21/h3-4,7-8,17H,1-2,5-6,9-16,18H2/p+1. The van der Waals surface area contributed by atoms with E-state index < -0.39 is 10.0 Å². The van der Waals surface area contributed by atoms with E-state index in [1.54, 1.807) is 4.31 Å². The zero-order valence-corrected chi connectivity index (χ0v) is 17.9. The van der Waals surface area contributed by atoms with Crippen molar-refractivity contribution in [3.8, 4) is 0 Å². The van der Waals surface area contributed by atoms with Gasteiger partial charge in [-0.25, -0.2) is 8.42 Å². The number of carbonyl (C=O) groups is 1. The highest BCUT2D eigenvalue weighted by atomic mass is 32.2. The molecule has 0 bridgehead atoms. The molecule has 2 fully saturated rings. The van der Waals surface area contributed by atoms with Crippen LogP contribution < -0.4 is 4.90 Å². The first-order valence-electron chi connectivity index (χ1n) is 10.9. The fraction of sp³-hybridized carbons (Fsp3) is 0.591. The van der Waals surface area contributed by atoms with Crippen molar-refractivity contribution in [3.05, 3.63) is 40.3 Å². The Kier molecular flexibility index (Phi) is 6.37. The number of amides is 1. The van der Waals surface area contributed by atoms with Crippen LogP contribution in [-0.2, 0) is 21.2 Å². The minimum absolute atomic E-state index is 0.227. The highest BCUT2D eigenvalue weighted by Gasteiger charge is 2.33. The van der Waals surface area contributed by atoms with Crippen molar-refractivity contribution in [1.82, 2.24) is 9.21 Å². The number of sulfonamides is 1. The van der Waals surface area contributed by atoms with Crippen LogP contribution >= 0.6 is 0 Å². The molecule has 0 aromatic heterocycles. The fourth-order valence-corrected chi connectivity index (χ4v) is 6.27. The second-order valence-electron chi connectivity index (χ2n) is 8.44. The summed E-state index contributed by atoms with van der Waals surface area (Å²) in [6.45, 7) is 4.62. The van der Waals surface area contributed by atoms with Gasteiger partial charge in [0.2, 0.25) is 10.0 Å². The predicted molar refractivity (Wildman–Crippen MR) is 114 cm³/mol. The Bertz CT molecular complexity index is 865. The maximum absolute atomic E-state index is 13.1. The summed E-state index contributed by atoms with van der Waals surface area (Å²) < 4.78 is 27.9. The summed E-state index contributed by atoms with van der Waals surface area (Å²) in [4.78, 5) is 16.4. The molecule has 29 heavy (non-hydrogen) atoms. The first-order chi connectivity index (χ1) is 14.0. The lowest BCUT2D eigenvalue weighted by Crippen LogP contribution is -3.15. The molecule has 1 aromatic carbocycles. The molecule has 0 unspecified atom stereocenters. The van der Waals surface area contributed by atoms with Crippen molar-refractivity contribution in [1.29, 1.82) is 0 Å². The zero-order valence-electron chi connectivity index (χ0n) is 17.1. The highest BCUT2D eigenvalue weighted by molar-refractivity contribution is 7.93. The number of nitrogens with zero attached hydrogens (tertiary/aromatic N) is 2. The predicted octanol–water partition coefficient (Wildman–Crippen LogP) is 0.907. The Morgan fingerprint density at radius 3 is 2.34 bits per heavy atom. The van der Waals surface area contributed by atoms with E-state index in [0.717, 1.165) is 37.9 Å². The van der Waals surface area contributed by atoms with Gasteiger partial charge in [0.1, 0.15) is 0 Å². The second-order valence-corrected chi connectivity index (χ2v) is 10.4. The third kappa shape index (κ3) is 4.73. The molecule has 1 amide bonds. The minimum Gasteiger partial charge on any atom is -0.338 e. The van der Waals surface area contributed by atoms with Gasteiger partial charge >= 0.3 is 0 Å².